The molecule has 15 aromatic carbocycles. The molecule has 0 amide bonds. The fourth-order valence-electron chi connectivity index (χ4n) is 19.2. The highest BCUT2D eigenvalue weighted by atomic mass is 15.2. The number of benzene rings is 15. The summed E-state index contributed by atoms with van der Waals surface area (Å²) in [7, 11) is 0. The number of anilines is 6. The summed E-state index contributed by atoms with van der Waals surface area (Å²) in [6.45, 7) is 27.3. The Balaban J connectivity index is 0.933. The molecule has 9 heteroatoms. The molecule has 0 atom stereocenters. The number of aromatic nitrogens is 4. The van der Waals surface area contributed by atoms with Crippen molar-refractivity contribution < 1.29 is 0 Å². The van der Waals surface area contributed by atoms with Crippen LogP contribution in [0.25, 0.3) is 132 Å². The zero-order chi connectivity index (χ0) is 80.0. The lowest BCUT2D eigenvalue weighted by Crippen LogP contribution is -2.61. The van der Waals surface area contributed by atoms with Crippen molar-refractivity contribution in [2.75, 3.05) is 9.80 Å². The first-order valence-corrected chi connectivity index (χ1v) is 40.9. The smallest absolute Gasteiger partial charge is 0.252 e. The van der Waals surface area contributed by atoms with Crippen LogP contribution >= 0.6 is 0 Å². The van der Waals surface area contributed by atoms with Crippen molar-refractivity contribution in [3.63, 3.8) is 0 Å². The molecule has 0 unspecified atom stereocenters. The van der Waals surface area contributed by atoms with Gasteiger partial charge in [-0.3, -0.25) is 0 Å². The van der Waals surface area contributed by atoms with Crippen LogP contribution in [0.4, 0.5) is 34.1 Å². The standard InChI is InChI=1S/C108H87BN8/c1-105(2,3)72-42-50-95-86(57-72)87-58-73(106(4,5)6)43-51-96(87)114(95)78-46-49-89-101(61-78)117(98-60-77(45-39-70(98)65-111)113-92-35-23-18-30-82(92)83-31-19-24-36-93(83)113)103-63-79(115-94-37-25-20-32-84(94)85-47-40-67(54-99(85)115)66-26-14-13-15-27-66)62-102-104(103)109(89)88-48-41-68(71-52-74(107(7,8)9)56-75(53-71)108(10,11)12)55-100(88)116(102)97-59-76(44-38-69(97)64-110)112-90-33-21-16-28-80(90)81-29-17-22-34-91(81)112/h13-63H,1-12H3. The summed E-state index contributed by atoms with van der Waals surface area (Å²) in [4.78, 5) is 4.89. The normalized spacial score (nSPS) is 13.1. The third kappa shape index (κ3) is 11.1. The summed E-state index contributed by atoms with van der Waals surface area (Å²) in [6.07, 6.45) is 0. The molecule has 0 aliphatic carbocycles. The summed E-state index contributed by atoms with van der Waals surface area (Å²) in [5.74, 6) is 0. The molecular weight excluding hydrogens is 1420 g/mol. The van der Waals surface area contributed by atoms with E-state index in [1.165, 1.54) is 33.0 Å². The fraction of sp³-hybridized carbons (Fsp3) is 0.148. The van der Waals surface area contributed by atoms with Crippen molar-refractivity contribution in [2.45, 2.75) is 105 Å². The summed E-state index contributed by atoms with van der Waals surface area (Å²) in [5, 5.41) is 33.7. The van der Waals surface area contributed by atoms with Gasteiger partial charge in [-0.05, 0) is 210 Å². The minimum Gasteiger partial charge on any atom is -0.310 e. The Hall–Kier alpha value is -13.9. The summed E-state index contributed by atoms with van der Waals surface area (Å²) in [5.41, 5.74) is 30.5. The van der Waals surface area contributed by atoms with E-state index < -0.39 is 6.71 Å². The molecule has 0 N–H and O–H groups in total. The van der Waals surface area contributed by atoms with E-state index in [9.17, 15) is 10.5 Å². The van der Waals surface area contributed by atoms with E-state index in [1.807, 2.05) is 12.1 Å². The maximum Gasteiger partial charge on any atom is 0.252 e. The van der Waals surface area contributed by atoms with Gasteiger partial charge in [0, 0.05) is 82.9 Å². The number of hydrogen-bond acceptors (Lipinski definition) is 4. The molecule has 0 spiro atoms. The third-order valence-electron chi connectivity index (χ3n) is 25.2. The zero-order valence-corrected chi connectivity index (χ0v) is 68.1. The number of nitrogens with zero attached hydrogens (tertiary/aromatic N) is 8. The maximum atomic E-state index is 12.3. The van der Waals surface area contributed by atoms with E-state index >= 15 is 0 Å². The van der Waals surface area contributed by atoms with Gasteiger partial charge in [0.1, 0.15) is 12.1 Å². The van der Waals surface area contributed by atoms with Gasteiger partial charge in [0.2, 0.25) is 0 Å². The van der Waals surface area contributed by atoms with Crippen molar-refractivity contribution in [3.8, 4) is 57.1 Å². The Labute approximate surface area is 683 Å². The van der Waals surface area contributed by atoms with Gasteiger partial charge >= 0.3 is 0 Å². The summed E-state index contributed by atoms with van der Waals surface area (Å²) in [6, 6.07) is 120. The van der Waals surface area contributed by atoms with E-state index in [4.69, 9.17) is 0 Å². The molecule has 562 valence electrons. The predicted molar refractivity (Wildman–Crippen MR) is 493 cm³/mol. The molecule has 0 saturated heterocycles. The molecule has 4 aromatic heterocycles. The van der Waals surface area contributed by atoms with Crippen LogP contribution in [0.2, 0.25) is 0 Å². The lowest BCUT2D eigenvalue weighted by molar-refractivity contribution is 0.569. The van der Waals surface area contributed by atoms with E-state index in [2.05, 4.69) is 421 Å². The number of hydrogen-bond donors (Lipinski definition) is 0. The highest BCUT2D eigenvalue weighted by molar-refractivity contribution is 7.00. The van der Waals surface area contributed by atoms with Crippen molar-refractivity contribution in [2.24, 2.45) is 0 Å². The molecule has 2 aliphatic heterocycles. The highest BCUT2D eigenvalue weighted by Gasteiger charge is 2.46. The van der Waals surface area contributed by atoms with Crippen LogP contribution in [-0.2, 0) is 21.7 Å². The van der Waals surface area contributed by atoms with E-state index in [1.54, 1.807) is 0 Å². The molecule has 6 heterocycles. The van der Waals surface area contributed by atoms with Crippen LogP contribution in [0.3, 0.4) is 0 Å². The number of fused-ring (bicyclic) bond motifs is 16. The van der Waals surface area contributed by atoms with Crippen LogP contribution in [0.1, 0.15) is 116 Å². The van der Waals surface area contributed by atoms with Crippen molar-refractivity contribution in [1.29, 1.82) is 10.5 Å². The fourth-order valence-corrected chi connectivity index (χ4v) is 19.2. The topological polar surface area (TPSA) is 73.8 Å². The van der Waals surface area contributed by atoms with Crippen molar-refractivity contribution in [1.82, 2.24) is 18.3 Å². The van der Waals surface area contributed by atoms with Gasteiger partial charge in [0.05, 0.1) is 72.3 Å². The second-order valence-electron chi connectivity index (χ2n) is 36.4. The first-order chi connectivity index (χ1) is 56.5. The molecule has 21 rings (SSSR count). The molecule has 0 bridgehead atoms. The Kier molecular flexibility index (Phi) is 15.7. The predicted octanol–water partition coefficient (Wildman–Crippen LogP) is 26.4. The van der Waals surface area contributed by atoms with Gasteiger partial charge in [0.25, 0.3) is 6.71 Å². The second kappa shape index (κ2) is 25.8. The molecule has 0 radical (unpaired) electrons. The largest absolute Gasteiger partial charge is 0.310 e. The van der Waals surface area contributed by atoms with Crippen LogP contribution in [0.5, 0.6) is 0 Å². The lowest BCUT2D eigenvalue weighted by atomic mass is 9.33. The Bertz CT molecular complexity index is 7330. The summed E-state index contributed by atoms with van der Waals surface area (Å²) < 4.78 is 9.69. The monoisotopic (exact) mass is 1510 g/mol. The van der Waals surface area contributed by atoms with E-state index in [-0.39, 0.29) is 21.7 Å². The molecule has 2 aliphatic rings. The van der Waals surface area contributed by atoms with E-state index in [0.717, 1.165) is 172 Å². The highest BCUT2D eigenvalue weighted by Crippen LogP contribution is 2.52. The van der Waals surface area contributed by atoms with Crippen LogP contribution in [0.15, 0.2) is 309 Å². The van der Waals surface area contributed by atoms with Gasteiger partial charge in [-0.15, -0.1) is 0 Å². The summed E-state index contributed by atoms with van der Waals surface area (Å²) >= 11 is 0. The van der Waals surface area contributed by atoms with Gasteiger partial charge in [-0.1, -0.05) is 265 Å². The first kappa shape index (κ1) is 71.0. The van der Waals surface area contributed by atoms with Crippen LogP contribution in [0, 0.1) is 22.7 Å². The average molecular weight is 1510 g/mol. The Morgan fingerprint density at radius 1 is 0.231 bits per heavy atom. The van der Waals surface area contributed by atoms with Crippen LogP contribution in [-0.4, -0.2) is 25.0 Å². The number of rotatable bonds is 8. The maximum absolute atomic E-state index is 12.3. The lowest BCUT2D eigenvalue weighted by Gasteiger charge is -2.45. The quantitative estimate of drug-likeness (QED) is 0.142. The number of nitriles is 2. The Morgan fingerprint density at radius 3 is 1.00 bits per heavy atom. The molecule has 0 saturated carbocycles. The van der Waals surface area contributed by atoms with Gasteiger partial charge in [-0.2, -0.15) is 10.5 Å². The third-order valence-corrected chi connectivity index (χ3v) is 25.2. The molecule has 19 aromatic rings. The Morgan fingerprint density at radius 2 is 0.573 bits per heavy atom. The van der Waals surface area contributed by atoms with Crippen LogP contribution < -0.4 is 26.2 Å². The molecule has 8 nitrogen and oxygen atoms in total. The minimum absolute atomic E-state index is 0.110. The van der Waals surface area contributed by atoms with Gasteiger partial charge < -0.3 is 28.1 Å². The zero-order valence-electron chi connectivity index (χ0n) is 68.1. The first-order valence-electron chi connectivity index (χ1n) is 40.9. The minimum atomic E-state index is -0.419. The second-order valence-corrected chi connectivity index (χ2v) is 36.4. The molecular formula is C108H87BN8. The van der Waals surface area contributed by atoms with Gasteiger partial charge in [0.15, 0.2) is 0 Å². The van der Waals surface area contributed by atoms with E-state index in [0.29, 0.717) is 11.1 Å². The molecule has 117 heavy (non-hydrogen) atoms. The number of para-hydroxylation sites is 5. The van der Waals surface area contributed by atoms with Crippen molar-refractivity contribution in [3.05, 3.63) is 343 Å². The molecule has 0 fully saturated rings. The SMILES string of the molecule is CC(C)(C)c1cc(-c2ccc3c(c2)N(c2cc(-n4c5ccccc5c5ccccc54)ccc2C#N)c2cc(-n4c5ccccc5c5ccc(-c6ccccc6)cc54)cc4c2B3c2ccc(-n3c5ccc(C(C)(C)C)cc5c5cc(C(C)(C)C)ccc53)cc2N4c2cc(-n3c4ccccc4c4ccccc43)ccc2C#N)cc(C(C)(C)C)c1. The average Bonchev–Trinajstić information content (AvgIpc) is 1.04. The van der Waals surface area contributed by atoms with Crippen molar-refractivity contribution >= 4 is 144 Å². The van der Waals surface area contributed by atoms with Gasteiger partial charge in [-0.25, -0.2) is 0 Å².